The van der Waals surface area contributed by atoms with E-state index in [9.17, 15) is 9.50 Å². The SMILES string of the molecule is CC1(C)CN(c2nc(NN)nc(Cl)c2F)C[C@H]1O. The number of aliphatic hydroxyl groups excluding tert-OH is 1. The van der Waals surface area contributed by atoms with Gasteiger partial charge < -0.3 is 10.0 Å². The Labute approximate surface area is 109 Å². The highest BCUT2D eigenvalue weighted by Gasteiger charge is 2.40. The first-order valence-corrected chi connectivity index (χ1v) is 5.85. The fourth-order valence-corrected chi connectivity index (χ4v) is 2.13. The van der Waals surface area contributed by atoms with Crippen LogP contribution in [0.5, 0.6) is 0 Å². The van der Waals surface area contributed by atoms with E-state index in [0.29, 0.717) is 13.1 Å². The van der Waals surface area contributed by atoms with Crippen LogP contribution in [-0.4, -0.2) is 34.3 Å². The van der Waals surface area contributed by atoms with Crippen molar-refractivity contribution in [2.45, 2.75) is 20.0 Å². The van der Waals surface area contributed by atoms with Crippen molar-refractivity contribution in [1.29, 1.82) is 0 Å². The number of β-amino-alcohol motifs (C(OH)–C–C–N with tert-alkyl or cyclic N) is 1. The molecular formula is C10H15ClFN5O. The summed E-state index contributed by atoms with van der Waals surface area (Å²) in [6, 6.07) is 0. The third-order valence-corrected chi connectivity index (χ3v) is 3.37. The molecule has 0 radical (unpaired) electrons. The number of hydrazine groups is 1. The Kier molecular flexibility index (Phi) is 3.31. The lowest BCUT2D eigenvalue weighted by Crippen LogP contribution is -2.26. The lowest BCUT2D eigenvalue weighted by atomic mass is 9.90. The van der Waals surface area contributed by atoms with Crippen molar-refractivity contribution < 1.29 is 9.50 Å². The van der Waals surface area contributed by atoms with Gasteiger partial charge in [-0.1, -0.05) is 25.4 Å². The first kappa shape index (κ1) is 13.3. The van der Waals surface area contributed by atoms with Crippen molar-refractivity contribution in [3.63, 3.8) is 0 Å². The molecule has 1 fully saturated rings. The summed E-state index contributed by atoms with van der Waals surface area (Å²) < 4.78 is 13.9. The zero-order valence-corrected chi connectivity index (χ0v) is 10.9. The van der Waals surface area contributed by atoms with Crippen molar-refractivity contribution in [3.05, 3.63) is 11.0 Å². The Hall–Kier alpha value is -1.18. The van der Waals surface area contributed by atoms with Crippen LogP contribution in [0, 0.1) is 11.2 Å². The molecule has 0 saturated carbocycles. The van der Waals surface area contributed by atoms with E-state index in [2.05, 4.69) is 15.4 Å². The Balaban J connectivity index is 2.37. The van der Waals surface area contributed by atoms with Crippen molar-refractivity contribution in [1.82, 2.24) is 9.97 Å². The molecule has 100 valence electrons. The van der Waals surface area contributed by atoms with Crippen LogP contribution in [0.15, 0.2) is 0 Å². The zero-order valence-electron chi connectivity index (χ0n) is 10.1. The molecule has 2 heterocycles. The number of aromatic nitrogens is 2. The second-order valence-corrected chi connectivity index (χ2v) is 5.36. The molecule has 6 nitrogen and oxygen atoms in total. The first-order chi connectivity index (χ1) is 8.35. The van der Waals surface area contributed by atoms with Crippen molar-refractivity contribution in [2.75, 3.05) is 23.4 Å². The standard InChI is InChI=1S/C10H15ClFN5O/c1-10(2)4-17(3-5(10)18)8-6(12)7(11)14-9(15-8)16-13/h5,18H,3-4,13H2,1-2H3,(H,14,15,16)/t5-/m1/s1. The number of nitrogens with two attached hydrogens (primary N) is 1. The van der Waals surface area contributed by atoms with Gasteiger partial charge in [0.15, 0.2) is 11.0 Å². The summed E-state index contributed by atoms with van der Waals surface area (Å²) >= 11 is 5.67. The van der Waals surface area contributed by atoms with Crippen LogP contribution in [-0.2, 0) is 0 Å². The summed E-state index contributed by atoms with van der Waals surface area (Å²) in [5.41, 5.74) is 1.90. The maximum absolute atomic E-state index is 13.9. The number of halogens is 2. The Morgan fingerprint density at radius 2 is 2.22 bits per heavy atom. The number of aliphatic hydroxyl groups is 1. The topological polar surface area (TPSA) is 87.3 Å². The molecule has 1 aromatic heterocycles. The summed E-state index contributed by atoms with van der Waals surface area (Å²) in [6.45, 7) is 4.57. The molecule has 1 saturated heterocycles. The maximum atomic E-state index is 13.9. The molecule has 0 unspecified atom stereocenters. The summed E-state index contributed by atoms with van der Waals surface area (Å²) in [6.07, 6.45) is -0.556. The number of nitrogen functional groups attached to an aromatic ring is 1. The fraction of sp³-hybridized carbons (Fsp3) is 0.600. The summed E-state index contributed by atoms with van der Waals surface area (Å²) in [4.78, 5) is 9.21. The van der Waals surface area contributed by atoms with E-state index in [4.69, 9.17) is 17.4 Å². The van der Waals surface area contributed by atoms with Gasteiger partial charge in [-0.2, -0.15) is 14.4 Å². The number of hydrogen-bond acceptors (Lipinski definition) is 6. The minimum absolute atomic E-state index is 0.0376. The van der Waals surface area contributed by atoms with E-state index in [1.165, 1.54) is 0 Å². The molecule has 0 amide bonds. The average Bonchev–Trinajstić information content (AvgIpc) is 2.57. The fourth-order valence-electron chi connectivity index (χ4n) is 1.96. The van der Waals surface area contributed by atoms with E-state index >= 15 is 0 Å². The molecule has 0 aromatic carbocycles. The van der Waals surface area contributed by atoms with Gasteiger partial charge in [-0.15, -0.1) is 0 Å². The number of anilines is 2. The van der Waals surface area contributed by atoms with Gasteiger partial charge in [0.2, 0.25) is 11.8 Å². The number of rotatable bonds is 2. The first-order valence-electron chi connectivity index (χ1n) is 5.48. The summed E-state index contributed by atoms with van der Waals surface area (Å²) in [5, 5.41) is 9.60. The Morgan fingerprint density at radius 1 is 1.56 bits per heavy atom. The average molecular weight is 276 g/mol. The van der Waals surface area contributed by atoms with E-state index in [1.807, 2.05) is 13.8 Å². The Bertz CT molecular complexity index is 470. The smallest absolute Gasteiger partial charge is 0.240 e. The lowest BCUT2D eigenvalue weighted by molar-refractivity contribution is 0.0964. The van der Waals surface area contributed by atoms with Crippen LogP contribution < -0.4 is 16.2 Å². The van der Waals surface area contributed by atoms with Crippen molar-refractivity contribution in [3.8, 4) is 0 Å². The van der Waals surface area contributed by atoms with Crippen LogP contribution in [0.25, 0.3) is 0 Å². The van der Waals surface area contributed by atoms with Gasteiger partial charge in [0.1, 0.15) is 0 Å². The predicted octanol–water partition coefficient (Wildman–Crippen LogP) is 0.762. The van der Waals surface area contributed by atoms with Gasteiger partial charge in [-0.25, -0.2) is 5.84 Å². The molecule has 0 bridgehead atoms. The van der Waals surface area contributed by atoms with Crippen molar-refractivity contribution >= 4 is 23.4 Å². The highest BCUT2D eigenvalue weighted by atomic mass is 35.5. The van der Waals surface area contributed by atoms with Crippen LogP contribution in [0.1, 0.15) is 13.8 Å². The van der Waals surface area contributed by atoms with Gasteiger partial charge >= 0.3 is 0 Å². The molecule has 0 spiro atoms. The third kappa shape index (κ3) is 2.21. The summed E-state index contributed by atoms with van der Waals surface area (Å²) in [7, 11) is 0. The zero-order chi connectivity index (χ0) is 13.5. The van der Waals surface area contributed by atoms with Crippen LogP contribution in [0.3, 0.4) is 0 Å². The van der Waals surface area contributed by atoms with Crippen LogP contribution in [0.4, 0.5) is 16.2 Å². The monoisotopic (exact) mass is 275 g/mol. The number of hydrogen-bond donors (Lipinski definition) is 3. The molecule has 2 rings (SSSR count). The second-order valence-electron chi connectivity index (χ2n) is 5.00. The number of nitrogens with one attached hydrogen (secondary N) is 1. The normalized spacial score (nSPS) is 22.3. The second kappa shape index (κ2) is 4.49. The van der Waals surface area contributed by atoms with E-state index < -0.39 is 11.9 Å². The highest BCUT2D eigenvalue weighted by molar-refractivity contribution is 6.29. The molecule has 8 heteroatoms. The van der Waals surface area contributed by atoms with Gasteiger partial charge in [-0.05, 0) is 0 Å². The van der Waals surface area contributed by atoms with Gasteiger partial charge in [-0.3, -0.25) is 5.43 Å². The van der Waals surface area contributed by atoms with E-state index in [0.717, 1.165) is 0 Å². The molecule has 1 aliphatic rings. The molecule has 4 N–H and O–H groups in total. The van der Waals surface area contributed by atoms with Crippen LogP contribution in [0.2, 0.25) is 5.15 Å². The van der Waals surface area contributed by atoms with Gasteiger partial charge in [0.05, 0.1) is 6.10 Å². The summed E-state index contributed by atoms with van der Waals surface area (Å²) in [5.74, 6) is 4.57. The predicted molar refractivity (Wildman–Crippen MR) is 66.8 cm³/mol. The molecule has 18 heavy (non-hydrogen) atoms. The minimum atomic E-state index is -0.708. The van der Waals surface area contributed by atoms with E-state index in [1.54, 1.807) is 4.90 Å². The number of nitrogens with zero attached hydrogens (tertiary/aromatic N) is 3. The van der Waals surface area contributed by atoms with Gasteiger partial charge in [0.25, 0.3) is 0 Å². The Morgan fingerprint density at radius 3 is 2.72 bits per heavy atom. The molecular weight excluding hydrogens is 261 g/mol. The van der Waals surface area contributed by atoms with Crippen LogP contribution >= 0.6 is 11.6 Å². The maximum Gasteiger partial charge on any atom is 0.240 e. The third-order valence-electron chi connectivity index (χ3n) is 3.12. The molecule has 0 aliphatic carbocycles. The highest BCUT2D eigenvalue weighted by Crippen LogP contribution is 2.34. The van der Waals surface area contributed by atoms with Crippen molar-refractivity contribution in [2.24, 2.45) is 11.3 Å². The lowest BCUT2D eigenvalue weighted by Gasteiger charge is -2.21. The quantitative estimate of drug-likeness (QED) is 0.420. The molecule has 1 aliphatic heterocycles. The minimum Gasteiger partial charge on any atom is -0.391 e. The van der Waals surface area contributed by atoms with E-state index in [-0.39, 0.29) is 22.3 Å². The molecule has 1 atom stereocenters. The largest absolute Gasteiger partial charge is 0.391 e. The molecule has 1 aromatic rings. The van der Waals surface area contributed by atoms with Gasteiger partial charge in [0, 0.05) is 18.5 Å².